The van der Waals surface area contributed by atoms with Crippen molar-refractivity contribution in [2.45, 2.75) is 13.2 Å². The molecule has 2 rings (SSSR count). The summed E-state index contributed by atoms with van der Waals surface area (Å²) in [5, 5.41) is 8.62. The van der Waals surface area contributed by atoms with Crippen molar-refractivity contribution in [3.05, 3.63) is 75.8 Å². The number of benzene rings is 2. The number of carbonyl (C=O) groups is 1. The van der Waals surface area contributed by atoms with Crippen molar-refractivity contribution in [3.63, 3.8) is 0 Å². The zero-order valence-electron chi connectivity index (χ0n) is 11.3. The van der Waals surface area contributed by atoms with Crippen LogP contribution in [0.25, 0.3) is 6.08 Å². The van der Waals surface area contributed by atoms with Gasteiger partial charge in [0, 0.05) is 10.5 Å². The van der Waals surface area contributed by atoms with Crippen LogP contribution in [0.4, 0.5) is 0 Å². The van der Waals surface area contributed by atoms with E-state index in [2.05, 4.69) is 15.9 Å². The zero-order valence-corrected chi connectivity index (χ0v) is 12.9. The Morgan fingerprint density at radius 1 is 1.14 bits per heavy atom. The van der Waals surface area contributed by atoms with Crippen molar-refractivity contribution in [2.75, 3.05) is 0 Å². The van der Waals surface area contributed by atoms with Crippen LogP contribution in [0.3, 0.4) is 0 Å². The molecule has 0 amide bonds. The van der Waals surface area contributed by atoms with Gasteiger partial charge in [-0.1, -0.05) is 52.3 Å². The molecule has 0 fully saturated rings. The number of rotatable bonds is 6. The van der Waals surface area contributed by atoms with Crippen LogP contribution in [0.15, 0.2) is 59.1 Å². The minimum atomic E-state index is -0.953. The van der Waals surface area contributed by atoms with Gasteiger partial charge >= 0.3 is 5.97 Å². The molecular weight excluding hydrogens is 332 g/mol. The Hall–Kier alpha value is -1.91. The third kappa shape index (κ3) is 5.17. The lowest BCUT2D eigenvalue weighted by Crippen LogP contribution is -1.95. The van der Waals surface area contributed by atoms with E-state index >= 15 is 0 Å². The predicted octanol–water partition coefficient (Wildman–Crippen LogP) is 4.26. The first kappa shape index (κ1) is 15.5. The van der Waals surface area contributed by atoms with E-state index < -0.39 is 5.97 Å². The number of aliphatic carboxylic acids is 1. The lowest BCUT2D eigenvalue weighted by Gasteiger charge is -2.07. The van der Waals surface area contributed by atoms with Gasteiger partial charge in [0.05, 0.1) is 13.2 Å². The zero-order chi connectivity index (χ0) is 15.1. The summed E-state index contributed by atoms with van der Waals surface area (Å²) in [6, 6.07) is 15.5. The fraction of sp³-hybridized carbons (Fsp3) is 0.118. The van der Waals surface area contributed by atoms with Crippen molar-refractivity contribution in [1.29, 1.82) is 0 Å². The van der Waals surface area contributed by atoms with Crippen molar-refractivity contribution in [3.8, 4) is 0 Å². The number of carboxylic acids is 1. The Kier molecular flexibility index (Phi) is 5.72. The second-order valence-corrected chi connectivity index (χ2v) is 5.36. The summed E-state index contributed by atoms with van der Waals surface area (Å²) < 4.78 is 6.73. The topological polar surface area (TPSA) is 46.5 Å². The fourth-order valence-electron chi connectivity index (χ4n) is 1.85. The molecule has 0 aromatic heterocycles. The van der Waals surface area contributed by atoms with Crippen LogP contribution in [-0.2, 0) is 22.7 Å². The third-order valence-corrected chi connectivity index (χ3v) is 3.63. The van der Waals surface area contributed by atoms with Gasteiger partial charge in [0.25, 0.3) is 0 Å². The van der Waals surface area contributed by atoms with Gasteiger partial charge in [0.1, 0.15) is 0 Å². The van der Waals surface area contributed by atoms with E-state index in [-0.39, 0.29) is 0 Å². The van der Waals surface area contributed by atoms with Gasteiger partial charge in [-0.3, -0.25) is 0 Å². The van der Waals surface area contributed by atoms with E-state index in [0.717, 1.165) is 27.2 Å². The number of hydrogen-bond acceptors (Lipinski definition) is 2. The maximum absolute atomic E-state index is 10.5. The largest absolute Gasteiger partial charge is 0.478 e. The van der Waals surface area contributed by atoms with Gasteiger partial charge in [-0.25, -0.2) is 4.79 Å². The van der Waals surface area contributed by atoms with Gasteiger partial charge in [-0.2, -0.15) is 0 Å². The lowest BCUT2D eigenvalue weighted by molar-refractivity contribution is -0.131. The summed E-state index contributed by atoms with van der Waals surface area (Å²) in [5.41, 5.74) is 2.95. The van der Waals surface area contributed by atoms with E-state index in [0.29, 0.717) is 13.2 Å². The average Bonchev–Trinajstić information content (AvgIpc) is 2.48. The Labute approximate surface area is 132 Å². The van der Waals surface area contributed by atoms with Crippen LogP contribution < -0.4 is 0 Å². The van der Waals surface area contributed by atoms with E-state index in [9.17, 15) is 4.79 Å². The molecule has 21 heavy (non-hydrogen) atoms. The summed E-state index contributed by atoms with van der Waals surface area (Å²) in [4.78, 5) is 10.5. The second kappa shape index (κ2) is 7.76. The highest BCUT2D eigenvalue weighted by atomic mass is 79.9. The molecule has 0 atom stereocenters. The minimum Gasteiger partial charge on any atom is -0.478 e. The normalized spacial score (nSPS) is 10.9. The Bertz CT molecular complexity index is 650. The van der Waals surface area contributed by atoms with Gasteiger partial charge in [-0.05, 0) is 34.9 Å². The summed E-state index contributed by atoms with van der Waals surface area (Å²) in [6.45, 7) is 1.01. The van der Waals surface area contributed by atoms with Gasteiger partial charge < -0.3 is 9.84 Å². The quantitative estimate of drug-likeness (QED) is 0.794. The van der Waals surface area contributed by atoms with Crippen molar-refractivity contribution < 1.29 is 14.6 Å². The molecule has 2 aromatic carbocycles. The second-order valence-electron chi connectivity index (χ2n) is 4.50. The van der Waals surface area contributed by atoms with Crippen LogP contribution in [-0.4, -0.2) is 11.1 Å². The van der Waals surface area contributed by atoms with Crippen molar-refractivity contribution in [2.24, 2.45) is 0 Å². The first-order valence-electron chi connectivity index (χ1n) is 6.46. The van der Waals surface area contributed by atoms with E-state index in [1.54, 1.807) is 6.08 Å². The molecule has 0 unspecified atom stereocenters. The first-order valence-corrected chi connectivity index (χ1v) is 7.25. The maximum atomic E-state index is 10.5. The molecule has 0 aliphatic carbocycles. The third-order valence-electron chi connectivity index (χ3n) is 2.85. The van der Waals surface area contributed by atoms with Crippen LogP contribution in [0.2, 0.25) is 0 Å². The maximum Gasteiger partial charge on any atom is 0.328 e. The molecule has 0 spiro atoms. The Morgan fingerprint density at radius 3 is 2.71 bits per heavy atom. The molecule has 4 heteroatoms. The molecule has 0 aliphatic heterocycles. The van der Waals surface area contributed by atoms with Crippen LogP contribution in [0, 0.1) is 0 Å². The first-order chi connectivity index (χ1) is 10.1. The molecule has 3 nitrogen and oxygen atoms in total. The van der Waals surface area contributed by atoms with Crippen molar-refractivity contribution in [1.82, 2.24) is 0 Å². The standard InChI is InChI=1S/C17H15BrO3/c18-16-7-2-1-6-15(16)12-21-11-14-5-3-4-13(10-14)8-9-17(19)20/h1-10H,11-12H2,(H,19,20)/b9-8+. The molecule has 0 radical (unpaired) electrons. The van der Waals surface area contributed by atoms with E-state index in [1.807, 2.05) is 48.5 Å². The smallest absolute Gasteiger partial charge is 0.328 e. The number of ether oxygens (including phenoxy) is 1. The van der Waals surface area contributed by atoms with Crippen molar-refractivity contribution >= 4 is 28.0 Å². The monoisotopic (exact) mass is 346 g/mol. The molecule has 108 valence electrons. The summed E-state index contributed by atoms with van der Waals surface area (Å²) in [7, 11) is 0. The molecule has 0 aliphatic rings. The number of carboxylic acid groups (broad SMARTS) is 1. The molecule has 0 heterocycles. The Morgan fingerprint density at radius 2 is 1.95 bits per heavy atom. The summed E-state index contributed by atoms with van der Waals surface area (Å²) in [5.74, 6) is -0.953. The minimum absolute atomic E-state index is 0.482. The molecule has 0 bridgehead atoms. The Balaban J connectivity index is 1.93. The van der Waals surface area contributed by atoms with E-state index in [4.69, 9.17) is 9.84 Å². The molecule has 0 saturated heterocycles. The van der Waals surface area contributed by atoms with Crippen LogP contribution in [0.5, 0.6) is 0 Å². The average molecular weight is 347 g/mol. The highest BCUT2D eigenvalue weighted by Crippen LogP contribution is 2.17. The molecular formula is C17H15BrO3. The number of halogens is 1. The highest BCUT2D eigenvalue weighted by molar-refractivity contribution is 9.10. The number of hydrogen-bond donors (Lipinski definition) is 1. The highest BCUT2D eigenvalue weighted by Gasteiger charge is 2.00. The summed E-state index contributed by atoms with van der Waals surface area (Å²) in [6.07, 6.45) is 2.70. The molecule has 1 N–H and O–H groups in total. The fourth-order valence-corrected chi connectivity index (χ4v) is 2.25. The van der Waals surface area contributed by atoms with Gasteiger partial charge in [0.15, 0.2) is 0 Å². The molecule has 2 aromatic rings. The van der Waals surface area contributed by atoms with E-state index in [1.165, 1.54) is 0 Å². The lowest BCUT2D eigenvalue weighted by atomic mass is 10.1. The predicted molar refractivity (Wildman–Crippen MR) is 85.7 cm³/mol. The summed E-state index contributed by atoms with van der Waals surface area (Å²) >= 11 is 3.48. The van der Waals surface area contributed by atoms with Gasteiger partial charge in [-0.15, -0.1) is 0 Å². The molecule has 0 saturated carbocycles. The van der Waals surface area contributed by atoms with Crippen LogP contribution in [0.1, 0.15) is 16.7 Å². The van der Waals surface area contributed by atoms with Gasteiger partial charge in [0.2, 0.25) is 0 Å². The van der Waals surface area contributed by atoms with Crippen LogP contribution >= 0.6 is 15.9 Å². The SMILES string of the molecule is O=C(O)/C=C/c1cccc(COCc2ccccc2Br)c1.